The molecule has 0 amide bonds. The highest BCUT2D eigenvalue weighted by atomic mass is 127. The van der Waals surface area contributed by atoms with Crippen LogP contribution < -0.4 is 5.32 Å². The summed E-state index contributed by atoms with van der Waals surface area (Å²) in [6.07, 6.45) is 2.00. The largest absolute Gasteiger partial charge is 0.377 e. The number of nitrogens with one attached hydrogen (secondary N) is 1. The molecule has 0 aliphatic rings. The second-order valence-corrected chi connectivity index (χ2v) is 4.54. The smallest absolute Gasteiger partial charge is 0.156 e. The molecule has 1 rings (SSSR count). The van der Waals surface area contributed by atoms with E-state index in [9.17, 15) is 0 Å². The number of aromatic nitrogens is 2. The number of halogens is 1. The predicted octanol–water partition coefficient (Wildman–Crippen LogP) is 2.61. The standard InChI is InChI=1S/C11H18IN3O/c1-4-6-13-11-10(12)8(5-2)14-9(15-11)7-16-3/h4-7H2,1-3H3,(H,13,14,15). The van der Waals surface area contributed by atoms with Gasteiger partial charge in [-0.25, -0.2) is 9.97 Å². The third-order valence-electron chi connectivity index (χ3n) is 2.12. The SMILES string of the molecule is CCCNc1nc(COC)nc(CC)c1I. The average Bonchev–Trinajstić information content (AvgIpc) is 2.29. The summed E-state index contributed by atoms with van der Waals surface area (Å²) < 4.78 is 6.19. The van der Waals surface area contributed by atoms with Crippen LogP contribution in [-0.4, -0.2) is 23.6 Å². The van der Waals surface area contributed by atoms with Crippen LogP contribution in [0.15, 0.2) is 0 Å². The summed E-state index contributed by atoms with van der Waals surface area (Å²) >= 11 is 2.30. The van der Waals surface area contributed by atoms with Crippen LogP contribution >= 0.6 is 22.6 Å². The van der Waals surface area contributed by atoms with E-state index in [0.717, 1.165) is 40.3 Å². The van der Waals surface area contributed by atoms with Gasteiger partial charge in [-0.1, -0.05) is 13.8 Å². The highest BCUT2D eigenvalue weighted by molar-refractivity contribution is 14.1. The Labute approximate surface area is 110 Å². The molecule has 1 N–H and O–H groups in total. The molecule has 0 aromatic carbocycles. The fourth-order valence-corrected chi connectivity index (χ4v) is 2.15. The molecule has 0 saturated heterocycles. The summed E-state index contributed by atoms with van der Waals surface area (Å²) in [7, 11) is 1.66. The van der Waals surface area contributed by atoms with Gasteiger partial charge in [-0.05, 0) is 35.4 Å². The van der Waals surface area contributed by atoms with Crippen LogP contribution in [0.1, 0.15) is 31.8 Å². The van der Waals surface area contributed by atoms with Gasteiger partial charge in [0.2, 0.25) is 0 Å². The predicted molar refractivity (Wildman–Crippen MR) is 73.6 cm³/mol. The number of rotatable bonds is 6. The minimum atomic E-state index is 0.463. The fourth-order valence-electron chi connectivity index (χ4n) is 1.33. The normalized spacial score (nSPS) is 10.5. The molecule has 0 saturated carbocycles. The van der Waals surface area contributed by atoms with Gasteiger partial charge < -0.3 is 10.1 Å². The quantitative estimate of drug-likeness (QED) is 0.812. The Kier molecular flexibility index (Phi) is 5.97. The summed E-state index contributed by atoms with van der Waals surface area (Å²) in [6.45, 7) is 5.63. The molecule has 0 atom stereocenters. The van der Waals surface area contributed by atoms with Crippen molar-refractivity contribution in [2.24, 2.45) is 0 Å². The van der Waals surface area contributed by atoms with Gasteiger partial charge in [-0.3, -0.25) is 0 Å². The first-order chi connectivity index (χ1) is 7.72. The molecular weight excluding hydrogens is 317 g/mol. The fraction of sp³-hybridized carbons (Fsp3) is 0.636. The minimum absolute atomic E-state index is 0.463. The molecular formula is C11H18IN3O. The second-order valence-electron chi connectivity index (χ2n) is 3.46. The summed E-state index contributed by atoms with van der Waals surface area (Å²) in [5, 5.41) is 3.32. The first-order valence-electron chi connectivity index (χ1n) is 5.51. The van der Waals surface area contributed by atoms with E-state index in [0.29, 0.717) is 6.61 Å². The molecule has 0 bridgehead atoms. The molecule has 1 aromatic rings. The van der Waals surface area contributed by atoms with Gasteiger partial charge in [0.1, 0.15) is 12.4 Å². The number of hydrogen-bond donors (Lipinski definition) is 1. The van der Waals surface area contributed by atoms with E-state index in [2.05, 4.69) is 51.7 Å². The van der Waals surface area contributed by atoms with Crippen molar-refractivity contribution in [1.29, 1.82) is 0 Å². The molecule has 0 aliphatic carbocycles. The van der Waals surface area contributed by atoms with E-state index >= 15 is 0 Å². The van der Waals surface area contributed by atoms with Crippen molar-refractivity contribution in [1.82, 2.24) is 9.97 Å². The monoisotopic (exact) mass is 335 g/mol. The van der Waals surface area contributed by atoms with Gasteiger partial charge in [0.15, 0.2) is 5.82 Å². The van der Waals surface area contributed by atoms with E-state index in [1.807, 2.05) is 0 Å². The van der Waals surface area contributed by atoms with Crippen molar-refractivity contribution in [2.45, 2.75) is 33.3 Å². The first kappa shape index (κ1) is 13.6. The maximum absolute atomic E-state index is 5.07. The van der Waals surface area contributed by atoms with E-state index in [1.54, 1.807) is 7.11 Å². The molecule has 1 aromatic heterocycles. The van der Waals surface area contributed by atoms with Crippen molar-refractivity contribution >= 4 is 28.4 Å². The number of methoxy groups -OCH3 is 1. The Morgan fingerprint density at radius 1 is 1.31 bits per heavy atom. The van der Waals surface area contributed by atoms with Crippen molar-refractivity contribution in [3.63, 3.8) is 0 Å². The van der Waals surface area contributed by atoms with E-state index < -0.39 is 0 Å². The van der Waals surface area contributed by atoms with E-state index in [-0.39, 0.29) is 0 Å². The van der Waals surface area contributed by atoms with Crippen LogP contribution in [0.25, 0.3) is 0 Å². The zero-order chi connectivity index (χ0) is 12.0. The summed E-state index contributed by atoms with van der Waals surface area (Å²) in [4.78, 5) is 8.92. The highest BCUT2D eigenvalue weighted by Gasteiger charge is 2.10. The maximum atomic E-state index is 5.07. The lowest BCUT2D eigenvalue weighted by molar-refractivity contribution is 0.177. The maximum Gasteiger partial charge on any atom is 0.156 e. The van der Waals surface area contributed by atoms with Crippen molar-refractivity contribution < 1.29 is 4.74 Å². The number of ether oxygens (including phenoxy) is 1. The first-order valence-corrected chi connectivity index (χ1v) is 6.58. The highest BCUT2D eigenvalue weighted by Crippen LogP contribution is 2.20. The number of nitrogens with zero attached hydrogens (tertiary/aromatic N) is 2. The Morgan fingerprint density at radius 2 is 2.06 bits per heavy atom. The summed E-state index contributed by atoms with van der Waals surface area (Å²) in [6, 6.07) is 0. The Bertz CT molecular complexity index is 344. The van der Waals surface area contributed by atoms with Gasteiger partial charge >= 0.3 is 0 Å². The Morgan fingerprint density at radius 3 is 2.62 bits per heavy atom. The molecule has 0 spiro atoms. The molecule has 90 valence electrons. The molecule has 0 unspecified atom stereocenters. The third kappa shape index (κ3) is 3.55. The minimum Gasteiger partial charge on any atom is -0.377 e. The second kappa shape index (κ2) is 7.01. The lowest BCUT2D eigenvalue weighted by Crippen LogP contribution is -2.10. The number of hydrogen-bond acceptors (Lipinski definition) is 4. The van der Waals surface area contributed by atoms with Gasteiger partial charge in [0.05, 0.1) is 9.26 Å². The Balaban J connectivity index is 2.98. The molecule has 0 fully saturated rings. The van der Waals surface area contributed by atoms with Crippen LogP contribution in [0, 0.1) is 3.57 Å². The van der Waals surface area contributed by atoms with Crippen LogP contribution in [0.5, 0.6) is 0 Å². The van der Waals surface area contributed by atoms with E-state index in [4.69, 9.17) is 4.74 Å². The van der Waals surface area contributed by atoms with Crippen molar-refractivity contribution in [2.75, 3.05) is 19.0 Å². The van der Waals surface area contributed by atoms with Gasteiger partial charge in [0, 0.05) is 13.7 Å². The summed E-state index contributed by atoms with van der Waals surface area (Å²) in [5.41, 5.74) is 1.08. The van der Waals surface area contributed by atoms with Crippen LogP contribution in [0.3, 0.4) is 0 Å². The molecule has 1 heterocycles. The molecule has 0 radical (unpaired) electrons. The van der Waals surface area contributed by atoms with Crippen molar-refractivity contribution in [3.8, 4) is 0 Å². The summed E-state index contributed by atoms with van der Waals surface area (Å²) in [5.74, 6) is 1.68. The van der Waals surface area contributed by atoms with Crippen molar-refractivity contribution in [3.05, 3.63) is 15.1 Å². The van der Waals surface area contributed by atoms with Gasteiger partial charge in [0.25, 0.3) is 0 Å². The number of aryl methyl sites for hydroxylation is 1. The van der Waals surface area contributed by atoms with Crippen LogP contribution in [0.4, 0.5) is 5.82 Å². The zero-order valence-electron chi connectivity index (χ0n) is 10.0. The van der Waals surface area contributed by atoms with Crippen LogP contribution in [-0.2, 0) is 17.8 Å². The number of anilines is 1. The zero-order valence-corrected chi connectivity index (χ0v) is 12.2. The van der Waals surface area contributed by atoms with Gasteiger partial charge in [-0.2, -0.15) is 0 Å². The third-order valence-corrected chi connectivity index (χ3v) is 3.25. The average molecular weight is 335 g/mol. The van der Waals surface area contributed by atoms with Gasteiger partial charge in [-0.15, -0.1) is 0 Å². The Hall–Kier alpha value is -0.430. The molecule has 5 heteroatoms. The molecule has 4 nitrogen and oxygen atoms in total. The lowest BCUT2D eigenvalue weighted by atomic mass is 10.3. The topological polar surface area (TPSA) is 47.0 Å². The lowest BCUT2D eigenvalue weighted by Gasteiger charge is -2.11. The molecule has 0 aliphatic heterocycles. The van der Waals surface area contributed by atoms with Crippen LogP contribution in [0.2, 0.25) is 0 Å². The van der Waals surface area contributed by atoms with E-state index in [1.165, 1.54) is 0 Å². The molecule has 16 heavy (non-hydrogen) atoms.